The molecular weight excluding hydrogens is 285 g/mol. The topological polar surface area (TPSA) is 48.9 Å². The van der Waals surface area contributed by atoms with E-state index in [1.165, 1.54) is 24.3 Å². The number of halogens is 3. The summed E-state index contributed by atoms with van der Waals surface area (Å²) in [5.41, 5.74) is -2.00. The summed E-state index contributed by atoms with van der Waals surface area (Å²) >= 11 is 0. The monoisotopic (exact) mass is 300 g/mol. The smallest absolute Gasteiger partial charge is 0.422 e. The first-order chi connectivity index (χ1) is 10.0. The van der Waals surface area contributed by atoms with Crippen LogP contribution < -0.4 is 15.4 Å². The van der Waals surface area contributed by atoms with Crippen molar-refractivity contribution < 1.29 is 17.9 Å². The Morgan fingerprint density at radius 3 is 2.33 bits per heavy atom. The average Bonchev–Trinajstić information content (AvgIpc) is 3.28. The quantitative estimate of drug-likeness (QED) is 0.878. The van der Waals surface area contributed by atoms with Crippen LogP contribution in [0.2, 0.25) is 0 Å². The van der Waals surface area contributed by atoms with E-state index < -0.39 is 11.7 Å². The summed E-state index contributed by atoms with van der Waals surface area (Å²) in [7, 11) is 0. The van der Waals surface area contributed by atoms with Gasteiger partial charge in [0.2, 0.25) is 5.54 Å². The molecule has 8 heteroatoms. The molecule has 2 heterocycles. The Morgan fingerprint density at radius 2 is 1.81 bits per heavy atom. The predicted molar refractivity (Wildman–Crippen MR) is 70.9 cm³/mol. The summed E-state index contributed by atoms with van der Waals surface area (Å²) in [5, 5.41) is 6.24. The van der Waals surface area contributed by atoms with Gasteiger partial charge in [-0.25, -0.2) is 4.90 Å². The van der Waals surface area contributed by atoms with E-state index in [0.717, 1.165) is 12.9 Å². The zero-order valence-corrected chi connectivity index (χ0v) is 11.2. The fraction of sp³-hybridized carbons (Fsp3) is 0.462. The number of ether oxygens (including phenoxy) is 1. The van der Waals surface area contributed by atoms with E-state index in [2.05, 4.69) is 15.6 Å². The summed E-state index contributed by atoms with van der Waals surface area (Å²) in [6.07, 6.45) is -3.46. The molecule has 0 radical (unpaired) electrons. The molecule has 3 rings (SSSR count). The molecule has 1 unspecified atom stereocenters. The van der Waals surface area contributed by atoms with Crippen molar-refractivity contribution in [3.8, 4) is 5.75 Å². The molecule has 5 nitrogen and oxygen atoms in total. The number of nitrogens with one attached hydrogen (secondary N) is 2. The van der Waals surface area contributed by atoms with E-state index in [-0.39, 0.29) is 5.56 Å². The van der Waals surface area contributed by atoms with Crippen molar-refractivity contribution in [3.05, 3.63) is 29.8 Å². The lowest BCUT2D eigenvalue weighted by molar-refractivity contribution is -0.156. The first kappa shape index (κ1) is 14.3. The first-order valence-corrected chi connectivity index (χ1v) is 6.51. The van der Waals surface area contributed by atoms with Crippen LogP contribution in [0.3, 0.4) is 0 Å². The molecule has 0 spiro atoms. The summed E-state index contributed by atoms with van der Waals surface area (Å²) in [5.74, 6) is 0.530. The molecule has 0 amide bonds. The maximum atomic E-state index is 12.9. The van der Waals surface area contributed by atoms with Crippen molar-refractivity contribution in [2.24, 2.45) is 4.99 Å². The molecule has 1 aromatic rings. The third kappa shape index (κ3) is 2.87. The van der Waals surface area contributed by atoms with E-state index in [1.807, 2.05) is 4.90 Å². The summed E-state index contributed by atoms with van der Waals surface area (Å²) in [6.45, 7) is 2.52. The minimum absolute atomic E-state index is 0.114. The van der Waals surface area contributed by atoms with Crippen molar-refractivity contribution in [2.45, 2.75) is 11.7 Å². The number of alkyl halides is 3. The van der Waals surface area contributed by atoms with Gasteiger partial charge >= 0.3 is 6.18 Å². The van der Waals surface area contributed by atoms with Crippen LogP contribution in [0.1, 0.15) is 5.56 Å². The van der Waals surface area contributed by atoms with Gasteiger partial charge in [-0.15, -0.1) is 0 Å². The minimum atomic E-state index is -4.39. The highest BCUT2D eigenvalue weighted by Crippen LogP contribution is 2.48. The molecule has 1 atom stereocenters. The van der Waals surface area contributed by atoms with Crippen LogP contribution >= 0.6 is 0 Å². The molecule has 0 aliphatic carbocycles. The number of rotatable bonds is 4. The number of hydrogen-bond acceptors (Lipinski definition) is 5. The molecule has 2 aliphatic heterocycles. The molecule has 114 valence electrons. The Hall–Kier alpha value is -1.64. The lowest BCUT2D eigenvalue weighted by Crippen LogP contribution is -2.51. The van der Waals surface area contributed by atoms with Crippen molar-refractivity contribution in [3.63, 3.8) is 0 Å². The largest absolute Gasteiger partial charge is 0.478 e. The van der Waals surface area contributed by atoms with E-state index >= 15 is 0 Å². The van der Waals surface area contributed by atoms with Crippen molar-refractivity contribution in [1.29, 1.82) is 0 Å². The second-order valence-corrected chi connectivity index (χ2v) is 4.98. The van der Waals surface area contributed by atoms with Gasteiger partial charge in [-0.3, -0.25) is 15.6 Å². The zero-order valence-electron chi connectivity index (χ0n) is 11.2. The van der Waals surface area contributed by atoms with Crippen molar-refractivity contribution in [1.82, 2.24) is 15.5 Å². The lowest BCUT2D eigenvalue weighted by atomic mass is 9.97. The van der Waals surface area contributed by atoms with Crippen LogP contribution in [0.5, 0.6) is 5.75 Å². The first-order valence-electron chi connectivity index (χ1n) is 6.51. The molecule has 2 aliphatic rings. The number of aliphatic imine (C=N–C) groups is 1. The Bertz CT molecular complexity index is 517. The standard InChI is InChI=1S/C13H15F3N4O/c14-13(15,16)12(5-19-12)10-1-3-11(4-2-10)21-9-20-7-17-6-18-8-20/h1-5,17-18H,6-9H2. The molecule has 1 aromatic carbocycles. The highest BCUT2D eigenvalue weighted by Gasteiger charge is 2.61. The fourth-order valence-electron chi connectivity index (χ4n) is 2.16. The number of hydrogen-bond donors (Lipinski definition) is 2. The molecule has 1 saturated heterocycles. The summed E-state index contributed by atoms with van der Waals surface area (Å²) in [6, 6.07) is 5.88. The van der Waals surface area contributed by atoms with Crippen molar-refractivity contribution in [2.75, 3.05) is 26.7 Å². The van der Waals surface area contributed by atoms with Gasteiger partial charge < -0.3 is 4.74 Å². The van der Waals surface area contributed by atoms with Gasteiger partial charge in [0.1, 0.15) is 12.5 Å². The van der Waals surface area contributed by atoms with E-state index in [1.54, 1.807) is 0 Å². The predicted octanol–water partition coefficient (Wildman–Crippen LogP) is 1.23. The Labute approximate surface area is 119 Å². The zero-order chi connectivity index (χ0) is 14.9. The fourth-order valence-corrected chi connectivity index (χ4v) is 2.16. The van der Waals surface area contributed by atoms with Crippen LogP contribution in [0.4, 0.5) is 13.2 Å². The average molecular weight is 300 g/mol. The minimum Gasteiger partial charge on any atom is -0.478 e. The second-order valence-electron chi connectivity index (χ2n) is 4.98. The molecule has 21 heavy (non-hydrogen) atoms. The molecular formula is C13H15F3N4O. The highest BCUT2D eigenvalue weighted by molar-refractivity contribution is 5.87. The molecule has 0 bridgehead atoms. The molecule has 2 N–H and O–H groups in total. The third-order valence-corrected chi connectivity index (χ3v) is 3.45. The molecule has 0 aromatic heterocycles. The highest BCUT2D eigenvalue weighted by atomic mass is 19.4. The molecule has 1 fully saturated rings. The van der Waals surface area contributed by atoms with Gasteiger partial charge in [-0.1, -0.05) is 12.1 Å². The van der Waals surface area contributed by atoms with Gasteiger partial charge in [-0.2, -0.15) is 13.2 Å². The molecule has 0 saturated carbocycles. The van der Waals surface area contributed by atoms with Crippen LogP contribution in [0.15, 0.2) is 29.3 Å². The van der Waals surface area contributed by atoms with E-state index in [9.17, 15) is 13.2 Å². The van der Waals surface area contributed by atoms with Gasteiger partial charge in [0.25, 0.3) is 0 Å². The Morgan fingerprint density at radius 1 is 1.19 bits per heavy atom. The maximum absolute atomic E-state index is 12.9. The lowest BCUT2D eigenvalue weighted by Gasteiger charge is -2.27. The summed E-state index contributed by atoms with van der Waals surface area (Å²) in [4.78, 5) is 5.39. The second kappa shape index (κ2) is 5.28. The normalized spacial score (nSPS) is 25.9. The third-order valence-electron chi connectivity index (χ3n) is 3.45. The maximum Gasteiger partial charge on any atom is 0.422 e. The SMILES string of the molecule is FC(F)(F)C1(c2ccc(OCN3CNCNC3)cc2)C=N1. The number of nitrogens with zero attached hydrogens (tertiary/aromatic N) is 2. The van der Waals surface area contributed by atoms with Crippen LogP contribution in [0, 0.1) is 0 Å². The Balaban J connectivity index is 1.60. The van der Waals surface area contributed by atoms with Crippen LogP contribution in [0.25, 0.3) is 0 Å². The van der Waals surface area contributed by atoms with Gasteiger partial charge in [0.05, 0.1) is 13.3 Å². The van der Waals surface area contributed by atoms with E-state index in [0.29, 0.717) is 25.8 Å². The van der Waals surface area contributed by atoms with Gasteiger partial charge in [0, 0.05) is 12.9 Å². The van der Waals surface area contributed by atoms with Gasteiger partial charge in [-0.05, 0) is 17.7 Å². The Kier molecular flexibility index (Phi) is 3.60. The summed E-state index contributed by atoms with van der Waals surface area (Å²) < 4.78 is 44.2. The van der Waals surface area contributed by atoms with Crippen molar-refractivity contribution >= 4 is 6.21 Å². The number of benzene rings is 1. The van der Waals surface area contributed by atoms with Gasteiger partial charge in [0.15, 0.2) is 0 Å². The van der Waals surface area contributed by atoms with E-state index in [4.69, 9.17) is 4.74 Å². The van der Waals surface area contributed by atoms with Crippen LogP contribution in [-0.4, -0.2) is 44.0 Å². The van der Waals surface area contributed by atoms with Crippen LogP contribution in [-0.2, 0) is 5.54 Å².